The Balaban J connectivity index is 2.62. The lowest BCUT2D eigenvalue weighted by molar-refractivity contribution is 0.0526. The molecule has 0 spiro atoms. The van der Waals surface area contributed by atoms with Crippen LogP contribution in [-0.4, -0.2) is 27.3 Å². The van der Waals surface area contributed by atoms with Crippen molar-refractivity contribution in [2.75, 3.05) is 12.3 Å². The third kappa shape index (κ3) is 2.42. The summed E-state index contributed by atoms with van der Waals surface area (Å²) >= 11 is 0. The number of nitrogens with two attached hydrogens (primary N) is 1. The van der Waals surface area contributed by atoms with Gasteiger partial charge >= 0.3 is 5.97 Å². The minimum Gasteiger partial charge on any atom is -0.462 e. The summed E-state index contributed by atoms with van der Waals surface area (Å²) in [5.41, 5.74) is 7.32. The first-order valence-electron chi connectivity index (χ1n) is 6.00. The van der Waals surface area contributed by atoms with Gasteiger partial charge < -0.3 is 10.5 Å². The number of aromatic nitrogens is 3. The molecule has 2 rings (SSSR count). The number of carbonyl (C=O) groups excluding carboxylic acids is 1. The molecular formula is C13H16N4O2. The number of hydrogen-bond donors (Lipinski definition) is 1. The highest BCUT2D eigenvalue weighted by Gasteiger charge is 2.19. The predicted molar refractivity (Wildman–Crippen MR) is 71.2 cm³/mol. The van der Waals surface area contributed by atoms with Gasteiger partial charge in [0.05, 0.1) is 17.9 Å². The molecule has 0 saturated heterocycles. The maximum Gasteiger partial charge on any atom is 0.340 e. The Labute approximate surface area is 111 Å². The lowest BCUT2D eigenvalue weighted by Crippen LogP contribution is -2.13. The Morgan fingerprint density at radius 3 is 2.74 bits per heavy atom. The van der Waals surface area contributed by atoms with Crippen LogP contribution in [0.5, 0.6) is 0 Å². The number of rotatable bonds is 3. The molecule has 0 aliphatic rings. The summed E-state index contributed by atoms with van der Waals surface area (Å²) < 4.78 is 6.60. The molecule has 0 unspecified atom stereocenters. The Hall–Kier alpha value is -2.37. The molecule has 0 bridgehead atoms. The summed E-state index contributed by atoms with van der Waals surface area (Å²) in [5, 5.41) is 4.26. The van der Waals surface area contributed by atoms with Crippen LogP contribution in [0.3, 0.4) is 0 Å². The SMILES string of the molecule is CCOC(=O)c1cccc(N)c1-n1nc(C)nc1C. The highest BCUT2D eigenvalue weighted by atomic mass is 16.5. The normalized spacial score (nSPS) is 10.5. The summed E-state index contributed by atoms with van der Waals surface area (Å²) in [6, 6.07) is 5.10. The van der Waals surface area contributed by atoms with Gasteiger partial charge in [-0.25, -0.2) is 14.5 Å². The van der Waals surface area contributed by atoms with Crippen LogP contribution in [0.2, 0.25) is 0 Å². The first-order chi connectivity index (χ1) is 9.04. The monoisotopic (exact) mass is 260 g/mol. The molecule has 0 aliphatic heterocycles. The zero-order valence-corrected chi connectivity index (χ0v) is 11.2. The smallest absolute Gasteiger partial charge is 0.340 e. The van der Waals surface area contributed by atoms with E-state index < -0.39 is 5.97 Å². The van der Waals surface area contributed by atoms with Gasteiger partial charge in [0.2, 0.25) is 0 Å². The Kier molecular flexibility index (Phi) is 3.50. The Morgan fingerprint density at radius 2 is 2.16 bits per heavy atom. The van der Waals surface area contributed by atoms with Crippen molar-refractivity contribution in [2.24, 2.45) is 0 Å². The van der Waals surface area contributed by atoms with E-state index in [0.717, 1.165) is 0 Å². The number of anilines is 1. The number of ether oxygens (including phenoxy) is 1. The van der Waals surface area contributed by atoms with Crippen LogP contribution >= 0.6 is 0 Å². The third-order valence-electron chi connectivity index (χ3n) is 2.65. The maximum atomic E-state index is 12.0. The average Bonchev–Trinajstić information content (AvgIpc) is 2.68. The molecule has 0 radical (unpaired) electrons. The van der Waals surface area contributed by atoms with E-state index in [1.165, 1.54) is 0 Å². The number of aryl methyl sites for hydroxylation is 2. The van der Waals surface area contributed by atoms with Crippen LogP contribution in [0.4, 0.5) is 5.69 Å². The second kappa shape index (κ2) is 5.09. The van der Waals surface area contributed by atoms with Gasteiger partial charge in [0.1, 0.15) is 17.3 Å². The van der Waals surface area contributed by atoms with Crippen LogP contribution in [-0.2, 0) is 4.74 Å². The molecule has 6 nitrogen and oxygen atoms in total. The molecule has 100 valence electrons. The molecule has 0 fully saturated rings. The molecule has 0 amide bonds. The van der Waals surface area contributed by atoms with E-state index in [0.29, 0.717) is 35.2 Å². The largest absolute Gasteiger partial charge is 0.462 e. The van der Waals surface area contributed by atoms with Crippen molar-refractivity contribution in [3.63, 3.8) is 0 Å². The number of benzene rings is 1. The molecule has 1 heterocycles. The summed E-state index contributed by atoms with van der Waals surface area (Å²) in [7, 11) is 0. The maximum absolute atomic E-state index is 12.0. The number of nitrogens with zero attached hydrogens (tertiary/aromatic N) is 3. The molecule has 2 N–H and O–H groups in total. The first kappa shape index (κ1) is 13.1. The van der Waals surface area contributed by atoms with Crippen LogP contribution < -0.4 is 5.73 Å². The van der Waals surface area contributed by atoms with E-state index in [4.69, 9.17) is 10.5 Å². The quantitative estimate of drug-likeness (QED) is 0.670. The summed E-state index contributed by atoms with van der Waals surface area (Å²) in [6.07, 6.45) is 0. The number of hydrogen-bond acceptors (Lipinski definition) is 5. The fourth-order valence-electron chi connectivity index (χ4n) is 1.90. The molecule has 1 aromatic carbocycles. The third-order valence-corrected chi connectivity index (χ3v) is 2.65. The Bertz CT molecular complexity index is 619. The molecule has 1 aromatic heterocycles. The van der Waals surface area contributed by atoms with Gasteiger partial charge in [0.25, 0.3) is 0 Å². The van der Waals surface area contributed by atoms with Crippen molar-refractivity contribution < 1.29 is 9.53 Å². The fourth-order valence-corrected chi connectivity index (χ4v) is 1.90. The molecular weight excluding hydrogens is 244 g/mol. The van der Waals surface area contributed by atoms with Crippen molar-refractivity contribution in [3.05, 3.63) is 35.4 Å². The van der Waals surface area contributed by atoms with Crippen molar-refractivity contribution in [2.45, 2.75) is 20.8 Å². The van der Waals surface area contributed by atoms with Crippen LogP contribution in [0.25, 0.3) is 5.69 Å². The first-order valence-corrected chi connectivity index (χ1v) is 6.00. The highest BCUT2D eigenvalue weighted by molar-refractivity contribution is 5.95. The topological polar surface area (TPSA) is 83.0 Å². The van der Waals surface area contributed by atoms with Crippen LogP contribution in [0.15, 0.2) is 18.2 Å². The van der Waals surface area contributed by atoms with Gasteiger partial charge in [-0.15, -0.1) is 0 Å². The number of esters is 1. The lowest BCUT2D eigenvalue weighted by Gasteiger charge is -2.12. The van der Waals surface area contributed by atoms with Gasteiger partial charge in [-0.05, 0) is 32.9 Å². The zero-order valence-electron chi connectivity index (χ0n) is 11.2. The molecule has 6 heteroatoms. The minimum absolute atomic E-state index is 0.308. The standard InChI is InChI=1S/C13H16N4O2/c1-4-19-13(18)10-6-5-7-11(14)12(10)17-9(3)15-8(2)16-17/h5-7H,4,14H2,1-3H3. The minimum atomic E-state index is -0.419. The molecule has 19 heavy (non-hydrogen) atoms. The predicted octanol–water partition coefficient (Wildman–Crippen LogP) is 1.64. The molecule has 2 aromatic rings. The summed E-state index contributed by atoms with van der Waals surface area (Å²) in [5.74, 6) is 0.869. The van der Waals surface area contributed by atoms with Gasteiger partial charge in [0.15, 0.2) is 0 Å². The molecule has 0 atom stereocenters. The highest BCUT2D eigenvalue weighted by Crippen LogP contribution is 2.23. The van der Waals surface area contributed by atoms with E-state index >= 15 is 0 Å². The number of carbonyl (C=O) groups is 1. The summed E-state index contributed by atoms with van der Waals surface area (Å²) in [6.45, 7) is 5.66. The molecule has 0 saturated carbocycles. The average molecular weight is 260 g/mol. The number of para-hydroxylation sites is 1. The van der Waals surface area contributed by atoms with E-state index in [9.17, 15) is 4.79 Å². The second-order valence-electron chi connectivity index (χ2n) is 4.08. The Morgan fingerprint density at radius 1 is 1.42 bits per heavy atom. The van der Waals surface area contributed by atoms with Crippen molar-refractivity contribution in [1.29, 1.82) is 0 Å². The van der Waals surface area contributed by atoms with Crippen molar-refractivity contribution in [3.8, 4) is 5.69 Å². The van der Waals surface area contributed by atoms with Crippen molar-refractivity contribution in [1.82, 2.24) is 14.8 Å². The zero-order chi connectivity index (χ0) is 14.0. The molecule has 0 aliphatic carbocycles. The van der Waals surface area contributed by atoms with Gasteiger partial charge in [-0.2, -0.15) is 5.10 Å². The van der Waals surface area contributed by atoms with E-state index in [2.05, 4.69) is 10.1 Å². The van der Waals surface area contributed by atoms with Gasteiger partial charge in [-0.3, -0.25) is 0 Å². The van der Waals surface area contributed by atoms with Crippen LogP contribution in [0.1, 0.15) is 28.9 Å². The second-order valence-corrected chi connectivity index (χ2v) is 4.08. The van der Waals surface area contributed by atoms with Crippen LogP contribution in [0, 0.1) is 13.8 Å². The lowest BCUT2D eigenvalue weighted by atomic mass is 10.1. The van der Waals surface area contributed by atoms with Gasteiger partial charge in [-0.1, -0.05) is 6.07 Å². The van der Waals surface area contributed by atoms with E-state index in [-0.39, 0.29) is 0 Å². The fraction of sp³-hybridized carbons (Fsp3) is 0.308. The van der Waals surface area contributed by atoms with E-state index in [1.54, 1.807) is 43.7 Å². The number of nitrogen functional groups attached to an aromatic ring is 1. The van der Waals surface area contributed by atoms with Crippen molar-refractivity contribution >= 4 is 11.7 Å². The van der Waals surface area contributed by atoms with Gasteiger partial charge in [0, 0.05) is 0 Å². The summed E-state index contributed by atoms with van der Waals surface area (Å²) in [4.78, 5) is 16.2. The van der Waals surface area contributed by atoms with E-state index in [1.807, 2.05) is 0 Å².